The van der Waals surface area contributed by atoms with Gasteiger partial charge in [0.2, 0.25) is 0 Å². The fourth-order valence-electron chi connectivity index (χ4n) is 1.68. The van der Waals surface area contributed by atoms with Crippen LogP contribution in [0.2, 0.25) is 0 Å². The summed E-state index contributed by atoms with van der Waals surface area (Å²) in [5, 5.41) is 2.58. The van der Waals surface area contributed by atoms with E-state index in [1.165, 1.54) is 24.3 Å². The summed E-state index contributed by atoms with van der Waals surface area (Å²) in [7, 11) is 0. The van der Waals surface area contributed by atoms with Crippen LogP contribution >= 0.6 is 22.6 Å². The predicted octanol–water partition coefficient (Wildman–Crippen LogP) is 4.25. The van der Waals surface area contributed by atoms with Crippen LogP contribution in [0, 0.1) is 3.57 Å². The molecule has 0 unspecified atom stereocenters. The van der Waals surface area contributed by atoms with Crippen LogP contribution in [-0.2, 0) is 4.79 Å². The van der Waals surface area contributed by atoms with Crippen LogP contribution < -0.4 is 14.8 Å². The first-order valence-electron chi connectivity index (χ1n) is 6.80. The van der Waals surface area contributed by atoms with Crippen molar-refractivity contribution in [3.8, 4) is 11.5 Å². The summed E-state index contributed by atoms with van der Waals surface area (Å²) in [6.45, 7) is -1.53. The number of alkyl halides is 3. The Kier molecular flexibility index (Phi) is 6.29. The molecule has 2 aromatic carbocycles. The van der Waals surface area contributed by atoms with Crippen molar-refractivity contribution in [2.24, 2.45) is 0 Å². The van der Waals surface area contributed by atoms with Gasteiger partial charge in [0.25, 0.3) is 5.91 Å². The molecule has 0 aromatic heterocycles. The Labute approximate surface area is 150 Å². The second-order valence-electron chi connectivity index (χ2n) is 4.72. The van der Waals surface area contributed by atoms with E-state index in [9.17, 15) is 18.0 Å². The van der Waals surface area contributed by atoms with Gasteiger partial charge < -0.3 is 14.8 Å². The Morgan fingerprint density at radius 3 is 2.08 bits per heavy atom. The maximum absolute atomic E-state index is 12.0. The molecule has 0 spiro atoms. The van der Waals surface area contributed by atoms with Gasteiger partial charge >= 0.3 is 6.18 Å². The molecule has 0 bridgehead atoms. The molecule has 0 saturated heterocycles. The number of rotatable bonds is 6. The summed E-state index contributed by atoms with van der Waals surface area (Å²) >= 11 is 2.16. The molecule has 0 aliphatic rings. The van der Waals surface area contributed by atoms with Gasteiger partial charge in [-0.2, -0.15) is 13.2 Å². The molecule has 1 N–H and O–H groups in total. The lowest BCUT2D eigenvalue weighted by Gasteiger charge is -2.10. The summed E-state index contributed by atoms with van der Waals surface area (Å²) in [6.07, 6.45) is -4.39. The number of hydrogen-bond donors (Lipinski definition) is 1. The van der Waals surface area contributed by atoms with Crippen LogP contribution in [0.15, 0.2) is 48.5 Å². The van der Waals surface area contributed by atoms with Crippen molar-refractivity contribution < 1.29 is 27.4 Å². The monoisotopic (exact) mass is 451 g/mol. The standard InChI is InChI=1S/C16H13F3INO3/c17-16(18,19)10-24-14-7-3-12(4-8-14)21-15(22)9-23-13-5-1-11(20)2-6-13/h1-8H,9-10H2,(H,21,22). The molecule has 0 radical (unpaired) electrons. The molecule has 0 aliphatic carbocycles. The number of benzene rings is 2. The van der Waals surface area contributed by atoms with Crippen LogP contribution in [-0.4, -0.2) is 25.3 Å². The van der Waals surface area contributed by atoms with Crippen molar-refractivity contribution in [2.45, 2.75) is 6.18 Å². The molecule has 0 fully saturated rings. The van der Waals surface area contributed by atoms with Crippen LogP contribution in [0.3, 0.4) is 0 Å². The predicted molar refractivity (Wildman–Crippen MR) is 91.3 cm³/mol. The SMILES string of the molecule is O=C(COc1ccc(I)cc1)Nc1ccc(OCC(F)(F)F)cc1. The number of hydrogen-bond acceptors (Lipinski definition) is 3. The highest BCUT2D eigenvalue weighted by atomic mass is 127. The topological polar surface area (TPSA) is 47.6 Å². The molecule has 0 saturated carbocycles. The van der Waals surface area contributed by atoms with Gasteiger partial charge in [0, 0.05) is 9.26 Å². The normalized spacial score (nSPS) is 11.0. The highest BCUT2D eigenvalue weighted by molar-refractivity contribution is 14.1. The Hall–Kier alpha value is -1.97. The van der Waals surface area contributed by atoms with Gasteiger partial charge in [-0.3, -0.25) is 4.79 Å². The Balaban J connectivity index is 1.80. The van der Waals surface area contributed by atoms with Crippen molar-refractivity contribution in [3.63, 3.8) is 0 Å². The number of anilines is 1. The molecular weight excluding hydrogens is 438 g/mol. The molecule has 24 heavy (non-hydrogen) atoms. The quantitative estimate of drug-likeness (QED) is 0.669. The first kappa shape index (κ1) is 18.4. The number of halogens is 4. The van der Waals surface area contributed by atoms with Crippen LogP contribution in [0.25, 0.3) is 0 Å². The number of carbonyl (C=O) groups excluding carboxylic acids is 1. The minimum Gasteiger partial charge on any atom is -0.484 e. The summed E-state index contributed by atoms with van der Waals surface area (Å²) in [4.78, 5) is 11.8. The van der Waals surface area contributed by atoms with Crippen molar-refractivity contribution in [1.29, 1.82) is 0 Å². The smallest absolute Gasteiger partial charge is 0.422 e. The maximum atomic E-state index is 12.0. The zero-order chi connectivity index (χ0) is 17.6. The van der Waals surface area contributed by atoms with E-state index in [-0.39, 0.29) is 18.3 Å². The lowest BCUT2D eigenvalue weighted by Crippen LogP contribution is -2.20. The van der Waals surface area contributed by atoms with Crippen LogP contribution in [0.4, 0.5) is 18.9 Å². The van der Waals surface area contributed by atoms with E-state index in [4.69, 9.17) is 4.74 Å². The number of ether oxygens (including phenoxy) is 2. The molecule has 0 heterocycles. The van der Waals surface area contributed by atoms with E-state index in [1.807, 2.05) is 12.1 Å². The van der Waals surface area contributed by atoms with Crippen LogP contribution in [0.1, 0.15) is 0 Å². The maximum Gasteiger partial charge on any atom is 0.422 e. The second-order valence-corrected chi connectivity index (χ2v) is 5.96. The molecule has 2 aromatic rings. The molecule has 8 heteroatoms. The average Bonchev–Trinajstić information content (AvgIpc) is 2.53. The Morgan fingerprint density at radius 1 is 0.958 bits per heavy atom. The van der Waals surface area contributed by atoms with Gasteiger partial charge in [-0.05, 0) is 71.1 Å². The second kappa shape index (κ2) is 8.22. The van der Waals surface area contributed by atoms with Gasteiger partial charge in [-0.15, -0.1) is 0 Å². The van der Waals surface area contributed by atoms with Crippen molar-refractivity contribution in [3.05, 3.63) is 52.1 Å². The van der Waals surface area contributed by atoms with Gasteiger partial charge in [0.15, 0.2) is 13.2 Å². The molecule has 4 nitrogen and oxygen atoms in total. The molecule has 0 aliphatic heterocycles. The van der Waals surface area contributed by atoms with Gasteiger partial charge in [-0.25, -0.2) is 0 Å². The van der Waals surface area contributed by atoms with Gasteiger partial charge in [-0.1, -0.05) is 0 Å². The highest BCUT2D eigenvalue weighted by Gasteiger charge is 2.28. The van der Waals surface area contributed by atoms with Crippen molar-refractivity contribution >= 4 is 34.2 Å². The zero-order valence-electron chi connectivity index (χ0n) is 12.3. The zero-order valence-corrected chi connectivity index (χ0v) is 14.4. The molecule has 2 rings (SSSR count). The van der Waals surface area contributed by atoms with E-state index in [2.05, 4.69) is 32.6 Å². The molecular formula is C16H13F3INO3. The summed E-state index contributed by atoms with van der Waals surface area (Å²) in [5.41, 5.74) is 0.436. The minimum absolute atomic E-state index is 0.0699. The fourth-order valence-corrected chi connectivity index (χ4v) is 2.04. The lowest BCUT2D eigenvalue weighted by molar-refractivity contribution is -0.153. The number of carbonyl (C=O) groups is 1. The van der Waals surface area contributed by atoms with Gasteiger partial charge in [0.1, 0.15) is 11.5 Å². The summed E-state index contributed by atoms with van der Waals surface area (Å²) in [6, 6.07) is 12.8. The van der Waals surface area contributed by atoms with Crippen molar-refractivity contribution in [1.82, 2.24) is 0 Å². The minimum atomic E-state index is -4.39. The molecule has 1 amide bonds. The molecule has 128 valence electrons. The largest absolute Gasteiger partial charge is 0.484 e. The third-order valence-corrected chi connectivity index (χ3v) is 3.44. The van der Waals surface area contributed by atoms with Crippen LogP contribution in [0.5, 0.6) is 11.5 Å². The first-order valence-corrected chi connectivity index (χ1v) is 7.87. The number of nitrogens with one attached hydrogen (secondary N) is 1. The lowest BCUT2D eigenvalue weighted by atomic mass is 10.3. The summed E-state index contributed by atoms with van der Waals surface area (Å²) < 4.78 is 47.1. The Bertz CT molecular complexity index is 672. The van der Waals surface area contributed by atoms with E-state index in [0.717, 1.165) is 3.57 Å². The van der Waals surface area contributed by atoms with E-state index in [0.29, 0.717) is 11.4 Å². The van der Waals surface area contributed by atoms with E-state index in [1.54, 1.807) is 12.1 Å². The van der Waals surface area contributed by atoms with Gasteiger partial charge in [0.05, 0.1) is 0 Å². The van der Waals surface area contributed by atoms with E-state index >= 15 is 0 Å². The third kappa shape index (κ3) is 6.65. The first-order chi connectivity index (χ1) is 11.3. The third-order valence-electron chi connectivity index (χ3n) is 2.72. The number of amides is 1. The molecule has 0 atom stereocenters. The van der Waals surface area contributed by atoms with Crippen molar-refractivity contribution in [2.75, 3.05) is 18.5 Å². The fraction of sp³-hybridized carbons (Fsp3) is 0.188. The average molecular weight is 451 g/mol. The highest BCUT2D eigenvalue weighted by Crippen LogP contribution is 2.20. The van der Waals surface area contributed by atoms with E-state index < -0.39 is 12.8 Å². The summed E-state index contributed by atoms with van der Waals surface area (Å²) in [5.74, 6) is 0.263. The Morgan fingerprint density at radius 2 is 1.50 bits per heavy atom.